The topological polar surface area (TPSA) is 75.3 Å². The highest BCUT2D eigenvalue weighted by molar-refractivity contribution is 5.78. The third-order valence-electron chi connectivity index (χ3n) is 4.34. The normalized spacial score (nSPS) is 15.2. The van der Waals surface area contributed by atoms with Crippen molar-refractivity contribution in [1.29, 1.82) is 0 Å². The monoisotopic (exact) mass is 315 g/mol. The lowest BCUT2D eigenvalue weighted by atomic mass is 10.2. The number of nitrogens with zero attached hydrogens (tertiary/aromatic N) is 2. The first-order chi connectivity index (χ1) is 11.2. The Kier molecular flexibility index (Phi) is 4.71. The van der Waals surface area contributed by atoms with E-state index in [0.717, 1.165) is 25.7 Å². The molecule has 0 saturated heterocycles. The van der Waals surface area contributed by atoms with Crippen molar-refractivity contribution in [3.8, 4) is 0 Å². The summed E-state index contributed by atoms with van der Waals surface area (Å²) in [7, 11) is 1.51. The van der Waals surface area contributed by atoms with Gasteiger partial charge in [0.25, 0.3) is 5.56 Å². The molecule has 1 aromatic carbocycles. The molecular formula is C17H21N3O3. The molecule has 0 atom stereocenters. The Morgan fingerprint density at radius 2 is 2.09 bits per heavy atom. The Morgan fingerprint density at radius 1 is 1.35 bits per heavy atom. The van der Waals surface area contributed by atoms with Crippen molar-refractivity contribution in [2.24, 2.45) is 0 Å². The lowest BCUT2D eigenvalue weighted by Gasteiger charge is -2.28. The Labute approximate surface area is 134 Å². The van der Waals surface area contributed by atoms with Crippen LogP contribution in [-0.2, 0) is 16.1 Å². The number of aromatic amines is 1. The van der Waals surface area contributed by atoms with Gasteiger partial charge in [0, 0.05) is 13.2 Å². The molecule has 1 heterocycles. The van der Waals surface area contributed by atoms with E-state index in [2.05, 4.69) is 9.97 Å². The number of methoxy groups -OCH3 is 1. The Hall–Kier alpha value is -2.21. The molecule has 3 rings (SSSR count). The molecule has 2 aromatic rings. The van der Waals surface area contributed by atoms with Crippen LogP contribution in [0.3, 0.4) is 0 Å². The van der Waals surface area contributed by atoms with Crippen LogP contribution >= 0.6 is 0 Å². The number of rotatable bonds is 5. The quantitative estimate of drug-likeness (QED) is 0.913. The molecule has 6 heteroatoms. The molecule has 1 aromatic heterocycles. The number of carbonyl (C=O) groups is 1. The fourth-order valence-electron chi connectivity index (χ4n) is 3.21. The molecule has 1 amide bonds. The van der Waals surface area contributed by atoms with Crippen LogP contribution < -0.4 is 5.56 Å². The van der Waals surface area contributed by atoms with Gasteiger partial charge in [-0.3, -0.25) is 9.59 Å². The van der Waals surface area contributed by atoms with Crippen LogP contribution in [0.5, 0.6) is 0 Å². The van der Waals surface area contributed by atoms with E-state index in [1.165, 1.54) is 7.11 Å². The predicted molar refractivity (Wildman–Crippen MR) is 87.0 cm³/mol. The maximum Gasteiger partial charge on any atom is 0.258 e. The maximum absolute atomic E-state index is 12.4. The molecule has 1 aliphatic rings. The minimum Gasteiger partial charge on any atom is -0.375 e. The summed E-state index contributed by atoms with van der Waals surface area (Å²) in [5.41, 5.74) is 0.480. The first kappa shape index (κ1) is 15.7. The van der Waals surface area contributed by atoms with Gasteiger partial charge >= 0.3 is 0 Å². The first-order valence-corrected chi connectivity index (χ1v) is 7.95. The summed E-state index contributed by atoms with van der Waals surface area (Å²) in [6.45, 7) is 0.362. The first-order valence-electron chi connectivity index (χ1n) is 7.95. The van der Waals surface area contributed by atoms with Crippen LogP contribution in [0.25, 0.3) is 10.9 Å². The minimum absolute atomic E-state index is 0.0499. The number of hydrogen-bond donors (Lipinski definition) is 1. The van der Waals surface area contributed by atoms with Gasteiger partial charge in [-0.2, -0.15) is 0 Å². The van der Waals surface area contributed by atoms with E-state index in [1.807, 2.05) is 18.2 Å². The van der Waals surface area contributed by atoms with Crippen LogP contribution in [0, 0.1) is 0 Å². The molecule has 6 nitrogen and oxygen atoms in total. The van der Waals surface area contributed by atoms with Crippen LogP contribution in [0.1, 0.15) is 31.5 Å². The van der Waals surface area contributed by atoms with Gasteiger partial charge in [0.1, 0.15) is 12.4 Å². The molecule has 1 saturated carbocycles. The van der Waals surface area contributed by atoms with E-state index >= 15 is 0 Å². The van der Waals surface area contributed by atoms with Crippen molar-refractivity contribution in [1.82, 2.24) is 14.9 Å². The Balaban J connectivity index is 1.89. The molecule has 1 N–H and O–H groups in total. The number of nitrogens with one attached hydrogen (secondary N) is 1. The van der Waals surface area contributed by atoms with Crippen molar-refractivity contribution < 1.29 is 9.53 Å². The SMILES string of the molecule is COCC(=O)N(Cc1nc2ccccc2c(=O)[nH]1)C1CCCC1. The lowest BCUT2D eigenvalue weighted by molar-refractivity contribution is -0.138. The summed E-state index contributed by atoms with van der Waals surface area (Å²) in [6, 6.07) is 7.42. The minimum atomic E-state index is -0.170. The third kappa shape index (κ3) is 3.42. The molecule has 0 spiro atoms. The summed E-state index contributed by atoms with van der Waals surface area (Å²) < 4.78 is 4.99. The second-order valence-electron chi connectivity index (χ2n) is 5.92. The van der Waals surface area contributed by atoms with Gasteiger partial charge in [-0.1, -0.05) is 25.0 Å². The second kappa shape index (κ2) is 6.91. The number of ether oxygens (including phenoxy) is 1. The summed E-state index contributed by atoms with van der Waals surface area (Å²) >= 11 is 0. The zero-order valence-corrected chi connectivity index (χ0v) is 13.2. The third-order valence-corrected chi connectivity index (χ3v) is 4.34. The van der Waals surface area contributed by atoms with Gasteiger partial charge in [0.15, 0.2) is 0 Å². The number of amides is 1. The predicted octanol–water partition coefficient (Wildman–Crippen LogP) is 1.84. The Morgan fingerprint density at radius 3 is 2.83 bits per heavy atom. The number of H-pyrrole nitrogens is 1. The van der Waals surface area contributed by atoms with Crippen LogP contribution in [0.4, 0.5) is 0 Å². The molecule has 0 bridgehead atoms. The van der Waals surface area contributed by atoms with Gasteiger partial charge in [-0.25, -0.2) is 4.98 Å². The van der Waals surface area contributed by atoms with Crippen LogP contribution in [-0.4, -0.2) is 40.5 Å². The molecule has 0 radical (unpaired) electrons. The molecule has 23 heavy (non-hydrogen) atoms. The number of fused-ring (bicyclic) bond motifs is 1. The fraction of sp³-hybridized carbons (Fsp3) is 0.471. The fourth-order valence-corrected chi connectivity index (χ4v) is 3.21. The summed E-state index contributed by atoms with van der Waals surface area (Å²) in [5, 5.41) is 0.562. The van der Waals surface area contributed by atoms with Gasteiger partial charge in [-0.05, 0) is 25.0 Å². The van der Waals surface area contributed by atoms with Gasteiger partial charge in [0.05, 0.1) is 17.4 Å². The van der Waals surface area contributed by atoms with Crippen molar-refractivity contribution >= 4 is 16.8 Å². The van der Waals surface area contributed by atoms with E-state index in [0.29, 0.717) is 23.3 Å². The number of benzene rings is 1. The van der Waals surface area contributed by atoms with E-state index in [-0.39, 0.29) is 24.1 Å². The van der Waals surface area contributed by atoms with E-state index in [1.54, 1.807) is 11.0 Å². The van der Waals surface area contributed by atoms with Gasteiger partial charge in [-0.15, -0.1) is 0 Å². The van der Waals surface area contributed by atoms with E-state index in [9.17, 15) is 9.59 Å². The number of aromatic nitrogens is 2. The van der Waals surface area contributed by atoms with Crippen molar-refractivity contribution in [3.63, 3.8) is 0 Å². The summed E-state index contributed by atoms with van der Waals surface area (Å²) in [5.74, 6) is 0.459. The molecule has 0 aliphatic heterocycles. The number of hydrogen-bond acceptors (Lipinski definition) is 4. The summed E-state index contributed by atoms with van der Waals surface area (Å²) in [4.78, 5) is 33.6. The smallest absolute Gasteiger partial charge is 0.258 e. The highest BCUT2D eigenvalue weighted by atomic mass is 16.5. The Bertz CT molecular complexity index is 750. The standard InChI is InChI=1S/C17H21N3O3/c1-23-11-16(21)20(12-6-2-3-7-12)10-15-18-14-9-5-4-8-13(14)17(22)19-15/h4-5,8-9,12H,2-3,6-7,10-11H2,1H3,(H,18,19,22). The van der Waals surface area contributed by atoms with Crippen molar-refractivity contribution in [3.05, 3.63) is 40.4 Å². The second-order valence-corrected chi connectivity index (χ2v) is 5.92. The molecule has 1 aliphatic carbocycles. The zero-order valence-electron chi connectivity index (χ0n) is 13.2. The highest BCUT2D eigenvalue weighted by Crippen LogP contribution is 2.24. The highest BCUT2D eigenvalue weighted by Gasteiger charge is 2.27. The van der Waals surface area contributed by atoms with Gasteiger partial charge in [0.2, 0.25) is 5.91 Å². The largest absolute Gasteiger partial charge is 0.375 e. The number of carbonyl (C=O) groups excluding carboxylic acids is 1. The molecule has 122 valence electrons. The average molecular weight is 315 g/mol. The van der Waals surface area contributed by atoms with E-state index < -0.39 is 0 Å². The summed E-state index contributed by atoms with van der Waals surface area (Å²) in [6.07, 6.45) is 4.24. The van der Waals surface area contributed by atoms with Gasteiger partial charge < -0.3 is 14.6 Å². The number of para-hydroxylation sites is 1. The van der Waals surface area contributed by atoms with Crippen molar-refractivity contribution in [2.75, 3.05) is 13.7 Å². The molecule has 1 fully saturated rings. The van der Waals surface area contributed by atoms with E-state index in [4.69, 9.17) is 4.74 Å². The molecule has 0 unspecified atom stereocenters. The van der Waals surface area contributed by atoms with Crippen LogP contribution in [0.15, 0.2) is 29.1 Å². The zero-order chi connectivity index (χ0) is 16.2. The lowest BCUT2D eigenvalue weighted by Crippen LogP contribution is -2.41. The average Bonchev–Trinajstić information content (AvgIpc) is 3.07. The van der Waals surface area contributed by atoms with Crippen LogP contribution in [0.2, 0.25) is 0 Å². The maximum atomic E-state index is 12.4. The van der Waals surface area contributed by atoms with Crippen molar-refractivity contribution in [2.45, 2.75) is 38.3 Å². The molecular weight excluding hydrogens is 294 g/mol.